The lowest BCUT2D eigenvalue weighted by Crippen LogP contribution is -2.53. The lowest BCUT2D eigenvalue weighted by Gasteiger charge is -2.40. The SMILES string of the molecule is C#Cc1c(F)ccc2cccc(C(C)=N/C=c3/c(N4CC5CCC(C4)N5)nc(OCC45CCC(COC(=C)N6CCN(C(=O)C7CCN(c8ccc(C=O)c(C(=O)N(C)C(CCC(=O)CCC)C(=C)C)c8)CC7)CC6)N4CC(=C)C5)n/c3=C\P)c12. The summed E-state index contributed by atoms with van der Waals surface area (Å²) in [6, 6.07) is 15.1. The highest BCUT2D eigenvalue weighted by Gasteiger charge is 2.51. The second kappa shape index (κ2) is 26.6. The number of benzene rings is 3. The number of carbonyl (C=O) groups is 4. The van der Waals surface area contributed by atoms with Crippen LogP contribution in [0.2, 0.25) is 0 Å². The average Bonchev–Trinajstić information content (AvgIpc) is 2.37. The molecule has 6 atom stereocenters. The number of Topliss-reactive ketones (excluding diaryl/α,β-unsaturated/α-hetero) is 1. The molecule has 6 fully saturated rings. The zero-order chi connectivity index (χ0) is 60.1. The molecule has 7 heterocycles. The maximum atomic E-state index is 15.0. The van der Waals surface area contributed by atoms with E-state index in [-0.39, 0.29) is 46.7 Å². The number of anilines is 2. The number of amides is 2. The van der Waals surface area contributed by atoms with Crippen molar-refractivity contribution in [1.29, 1.82) is 0 Å². The highest BCUT2D eigenvalue weighted by Crippen LogP contribution is 2.45. The predicted octanol–water partition coefficient (Wildman–Crippen LogP) is 7.62. The van der Waals surface area contributed by atoms with E-state index in [4.69, 9.17) is 30.9 Å². The third kappa shape index (κ3) is 13.1. The van der Waals surface area contributed by atoms with E-state index in [1.54, 1.807) is 30.1 Å². The number of nitrogens with zero attached hydrogens (tertiary/aromatic N) is 9. The number of hydrogen-bond donors (Lipinski definition) is 1. The maximum Gasteiger partial charge on any atom is 0.319 e. The number of ketones is 1. The molecular weight excluding hydrogens is 1090 g/mol. The molecule has 85 heavy (non-hydrogen) atoms. The van der Waals surface area contributed by atoms with Crippen molar-refractivity contribution in [2.45, 2.75) is 121 Å². The van der Waals surface area contributed by atoms with Gasteiger partial charge in [-0.1, -0.05) is 61.4 Å². The number of halogens is 1. The number of ether oxygens (including phenoxy) is 2. The fraction of sp³-hybridized carbons (Fsp3) is 0.478. The predicted molar refractivity (Wildman–Crippen MR) is 338 cm³/mol. The highest BCUT2D eigenvalue weighted by molar-refractivity contribution is 7.27. The van der Waals surface area contributed by atoms with Crippen molar-refractivity contribution >= 4 is 73.1 Å². The normalized spacial score (nSPS) is 22.6. The summed E-state index contributed by atoms with van der Waals surface area (Å²) in [6.45, 7) is 25.5. The number of rotatable bonds is 21. The van der Waals surface area contributed by atoms with Crippen LogP contribution >= 0.6 is 9.24 Å². The first-order chi connectivity index (χ1) is 41.0. The number of aliphatic imine (C=N–C) groups is 1. The Morgan fingerprint density at radius 2 is 1.71 bits per heavy atom. The van der Waals surface area contributed by atoms with E-state index in [1.807, 2.05) is 62.0 Å². The van der Waals surface area contributed by atoms with Crippen LogP contribution in [0, 0.1) is 24.1 Å². The number of nitrogens with one attached hydrogen (secondary N) is 1. The van der Waals surface area contributed by atoms with Crippen molar-refractivity contribution in [2.75, 3.05) is 89.0 Å². The summed E-state index contributed by atoms with van der Waals surface area (Å²) >= 11 is 0. The minimum atomic E-state index is -0.442. The molecule has 16 nitrogen and oxygen atoms in total. The van der Waals surface area contributed by atoms with E-state index in [0.29, 0.717) is 142 Å². The van der Waals surface area contributed by atoms with Crippen molar-refractivity contribution in [3.63, 3.8) is 0 Å². The first-order valence-corrected chi connectivity index (χ1v) is 30.9. The molecule has 6 aliphatic heterocycles. The Hall–Kier alpha value is -7.25. The number of piperidine rings is 1. The largest absolute Gasteiger partial charge is 0.478 e. The molecule has 0 spiro atoms. The van der Waals surface area contributed by atoms with Crippen molar-refractivity contribution < 1.29 is 33.0 Å². The Labute approximate surface area is 502 Å². The molecule has 10 rings (SSSR count). The second-order valence-electron chi connectivity index (χ2n) is 24.2. The molecule has 0 aliphatic carbocycles. The standard InChI is InChI=1S/C67H82FN10O6P/c1-9-12-54(80)20-22-61(43(3)4)73(8)65(82)57-33-52(19-15-49(57)39-79)75-27-24-48(25-28-75)64(81)76-31-29-74(30-32-76)46(7)83-40-53-23-26-67(34-44(5)36-78(53)67)42-84-66-71-60(41-85)58(63(72-66)77-37-50-17-18-51(38-77)70-50)35-69-45(6)56-14-11-13-47-16-21-59(68)55(10-2)62(47)56/h2,11,13-16,19,21,33,35,39,41,48,50-51,53,61,70H,3,5,7,9,12,17-18,20,22-32,34,36-38,40,42,85H2,1,4,6,8H3/b58-35+,60-41-,69-45?. The van der Waals surface area contributed by atoms with E-state index in [2.05, 4.69) is 59.8 Å². The van der Waals surface area contributed by atoms with Crippen LogP contribution in [0.3, 0.4) is 0 Å². The van der Waals surface area contributed by atoms with Crippen LogP contribution in [0.15, 0.2) is 90.3 Å². The van der Waals surface area contributed by atoms with Crippen molar-refractivity contribution in [1.82, 2.24) is 34.9 Å². The van der Waals surface area contributed by atoms with Gasteiger partial charge >= 0.3 is 6.01 Å². The number of fused-ring (bicyclic) bond motifs is 4. The summed E-state index contributed by atoms with van der Waals surface area (Å²) in [5.41, 5.74) is 4.73. The van der Waals surface area contributed by atoms with Crippen LogP contribution in [0.5, 0.6) is 6.01 Å². The first-order valence-electron chi connectivity index (χ1n) is 30.3. The number of terminal acetylenes is 1. The van der Waals surface area contributed by atoms with Gasteiger partial charge in [-0.2, -0.15) is 9.97 Å². The maximum absolute atomic E-state index is 15.0. The molecule has 6 unspecified atom stereocenters. The average molecular weight is 1170 g/mol. The molecule has 2 bridgehead atoms. The summed E-state index contributed by atoms with van der Waals surface area (Å²) in [5.74, 6) is 5.28. The van der Waals surface area contributed by atoms with Gasteiger partial charge in [0.1, 0.15) is 30.6 Å². The molecule has 3 aromatic carbocycles. The minimum Gasteiger partial charge on any atom is -0.478 e. The summed E-state index contributed by atoms with van der Waals surface area (Å²) in [7, 11) is 4.41. The Morgan fingerprint density at radius 1 is 0.965 bits per heavy atom. The molecule has 0 saturated carbocycles. The van der Waals surface area contributed by atoms with E-state index in [0.717, 1.165) is 97.0 Å². The highest BCUT2D eigenvalue weighted by atomic mass is 31.0. The summed E-state index contributed by atoms with van der Waals surface area (Å²) in [6.07, 6.45) is 16.6. The molecule has 6 aliphatic rings. The third-order valence-electron chi connectivity index (χ3n) is 18.5. The van der Waals surface area contributed by atoms with E-state index < -0.39 is 5.82 Å². The molecule has 0 radical (unpaired) electrons. The van der Waals surface area contributed by atoms with Crippen molar-refractivity contribution in [3.05, 3.63) is 124 Å². The monoisotopic (exact) mass is 1170 g/mol. The molecule has 18 heteroatoms. The number of hydrogen-bond acceptors (Lipinski definition) is 14. The van der Waals surface area contributed by atoms with Crippen LogP contribution in [0.1, 0.15) is 123 Å². The van der Waals surface area contributed by atoms with Crippen LogP contribution in [-0.4, -0.2) is 168 Å². The zero-order valence-electron chi connectivity index (χ0n) is 49.9. The second-order valence-corrected chi connectivity index (χ2v) is 24.5. The Morgan fingerprint density at radius 3 is 2.40 bits per heavy atom. The lowest BCUT2D eigenvalue weighted by atomic mass is 9.94. The smallest absolute Gasteiger partial charge is 0.319 e. The molecule has 1 N–H and O–H groups in total. The minimum absolute atomic E-state index is 0.118. The topological polar surface area (TPSA) is 156 Å². The van der Waals surface area contributed by atoms with E-state index in [1.165, 1.54) is 6.07 Å². The van der Waals surface area contributed by atoms with Gasteiger partial charge in [0.15, 0.2) is 12.2 Å². The summed E-state index contributed by atoms with van der Waals surface area (Å²) in [5, 5.41) is 6.68. The van der Waals surface area contributed by atoms with Gasteiger partial charge in [0.25, 0.3) is 5.91 Å². The van der Waals surface area contributed by atoms with Gasteiger partial charge < -0.3 is 39.3 Å². The quantitative estimate of drug-likeness (QED) is 0.0217. The van der Waals surface area contributed by atoms with Gasteiger partial charge in [0.05, 0.1) is 33.3 Å². The Bertz CT molecular complexity index is 3460. The lowest BCUT2D eigenvalue weighted by molar-refractivity contribution is -0.138. The van der Waals surface area contributed by atoms with E-state index in [9.17, 15) is 23.6 Å². The molecule has 4 aromatic rings. The van der Waals surface area contributed by atoms with Crippen LogP contribution < -0.4 is 30.4 Å². The molecule has 1 aromatic heterocycles. The third-order valence-corrected chi connectivity index (χ3v) is 18.8. The fourth-order valence-corrected chi connectivity index (χ4v) is 14.1. The van der Waals surface area contributed by atoms with Gasteiger partial charge in [-0.05, 0) is 114 Å². The molecule has 448 valence electrons. The number of likely N-dealkylation sites (N-methyl/N-ethyl adjacent to an activating group) is 1. The van der Waals surface area contributed by atoms with Gasteiger partial charge in [-0.25, -0.2) is 4.39 Å². The van der Waals surface area contributed by atoms with Gasteiger partial charge in [-0.3, -0.25) is 29.1 Å². The number of carbonyl (C=O) groups excluding carboxylic acids is 4. The molecule has 6 saturated heterocycles. The molecular formula is C67H82FN10O6P. The van der Waals surface area contributed by atoms with Gasteiger partial charge in [0.2, 0.25) is 5.91 Å². The first kappa shape index (κ1) is 60.9. The van der Waals surface area contributed by atoms with Crippen LogP contribution in [-0.2, 0) is 14.3 Å². The van der Waals surface area contributed by atoms with Crippen LogP contribution in [0.4, 0.5) is 15.9 Å². The zero-order valence-corrected chi connectivity index (χ0v) is 51.1. The number of piperazine rings is 2. The van der Waals surface area contributed by atoms with Crippen LogP contribution in [0.25, 0.3) is 22.8 Å². The summed E-state index contributed by atoms with van der Waals surface area (Å²) in [4.78, 5) is 80.4. The summed E-state index contributed by atoms with van der Waals surface area (Å²) < 4.78 is 28.2. The van der Waals surface area contributed by atoms with E-state index >= 15 is 0 Å². The van der Waals surface area contributed by atoms with Crippen molar-refractivity contribution in [2.24, 2.45) is 10.9 Å². The molecule has 2 amide bonds. The Balaban J connectivity index is 0.738. The van der Waals surface area contributed by atoms with Gasteiger partial charge in [0, 0.05) is 137 Å². The van der Waals surface area contributed by atoms with Gasteiger partial charge in [-0.15, -0.1) is 15.7 Å². The fourth-order valence-electron chi connectivity index (χ4n) is 13.9. The Kier molecular flexibility index (Phi) is 19.0. The number of aldehydes is 1. The van der Waals surface area contributed by atoms with Crippen molar-refractivity contribution in [3.8, 4) is 18.4 Å². The number of aromatic nitrogens is 2.